The van der Waals surface area contributed by atoms with Gasteiger partial charge in [-0.1, -0.05) is 54.4 Å². The molecule has 5 atom stereocenters. The summed E-state index contributed by atoms with van der Waals surface area (Å²) in [5.41, 5.74) is 8.47. The summed E-state index contributed by atoms with van der Waals surface area (Å²) < 4.78 is 65.4. The highest BCUT2D eigenvalue weighted by molar-refractivity contribution is 7.88. The van der Waals surface area contributed by atoms with Crippen LogP contribution in [0.15, 0.2) is 42.5 Å². The molecule has 0 radical (unpaired) electrons. The normalized spacial score (nSPS) is 27.9. The SMILES string of the molecule is CCC1(C=O)CCC(c2ccc(OS(=O)(=O)C(F)(F)F)cc2Cl)C(N)(c2ccc(C)cc2)C1C(C)N. The molecular formula is C25H30ClF3N2O4S. The molecule has 0 heterocycles. The van der Waals surface area contributed by atoms with E-state index in [4.69, 9.17) is 23.1 Å². The maximum atomic E-state index is 12.8. The molecule has 3 rings (SSSR count). The highest BCUT2D eigenvalue weighted by Gasteiger charge is 2.58. The standard InChI is InChI=1S/C25H30ClF3N2O4S/c1-4-23(14-32)12-11-20(24(31,22(23)16(3)30)17-7-5-15(2)6-8-17)19-10-9-18(13-21(19)26)35-36(33,34)25(27,28)29/h5-10,13-14,16,20,22H,4,11-12,30-31H2,1-3H3. The van der Waals surface area contributed by atoms with Crippen LogP contribution < -0.4 is 15.7 Å². The maximum absolute atomic E-state index is 12.8. The van der Waals surface area contributed by atoms with Gasteiger partial charge < -0.3 is 20.4 Å². The highest BCUT2D eigenvalue weighted by atomic mass is 35.5. The Morgan fingerprint density at radius 1 is 1.22 bits per heavy atom. The van der Waals surface area contributed by atoms with E-state index in [1.54, 1.807) is 6.92 Å². The molecule has 0 bridgehead atoms. The van der Waals surface area contributed by atoms with Gasteiger partial charge in [-0.05, 0) is 50.3 Å². The fourth-order valence-electron chi connectivity index (χ4n) is 5.72. The Balaban J connectivity index is 2.17. The van der Waals surface area contributed by atoms with E-state index in [2.05, 4.69) is 4.18 Å². The third-order valence-electron chi connectivity index (χ3n) is 7.42. The van der Waals surface area contributed by atoms with E-state index in [0.717, 1.165) is 29.5 Å². The third kappa shape index (κ3) is 4.88. The molecule has 1 aliphatic rings. The lowest BCUT2D eigenvalue weighted by Gasteiger charge is -2.57. The Labute approximate surface area is 214 Å². The zero-order chi connectivity index (χ0) is 27.1. The molecule has 6 nitrogen and oxygen atoms in total. The van der Waals surface area contributed by atoms with Gasteiger partial charge in [0.2, 0.25) is 0 Å². The molecule has 1 aliphatic carbocycles. The average molecular weight is 547 g/mol. The van der Waals surface area contributed by atoms with Crippen molar-refractivity contribution in [2.45, 2.75) is 63.0 Å². The number of benzene rings is 2. The van der Waals surface area contributed by atoms with Crippen molar-refractivity contribution in [3.05, 3.63) is 64.2 Å². The van der Waals surface area contributed by atoms with Gasteiger partial charge >= 0.3 is 15.6 Å². The number of alkyl halides is 3. The van der Waals surface area contributed by atoms with Crippen molar-refractivity contribution in [3.63, 3.8) is 0 Å². The minimum absolute atomic E-state index is 0.00432. The second-order valence-corrected chi connectivity index (χ2v) is 11.5. The van der Waals surface area contributed by atoms with Crippen LogP contribution >= 0.6 is 11.6 Å². The first-order valence-corrected chi connectivity index (χ1v) is 13.3. The van der Waals surface area contributed by atoms with Crippen LogP contribution in [0.25, 0.3) is 0 Å². The molecule has 2 aromatic rings. The van der Waals surface area contributed by atoms with Gasteiger partial charge in [0.25, 0.3) is 0 Å². The first-order valence-electron chi connectivity index (χ1n) is 11.5. The van der Waals surface area contributed by atoms with Gasteiger partial charge in [0.1, 0.15) is 12.0 Å². The molecule has 5 unspecified atom stereocenters. The van der Waals surface area contributed by atoms with Crippen molar-refractivity contribution >= 4 is 28.0 Å². The molecule has 36 heavy (non-hydrogen) atoms. The van der Waals surface area contributed by atoms with Crippen molar-refractivity contribution in [1.82, 2.24) is 0 Å². The molecular weight excluding hydrogens is 517 g/mol. The van der Waals surface area contributed by atoms with Crippen LogP contribution in [0.5, 0.6) is 5.75 Å². The van der Waals surface area contributed by atoms with Crippen LogP contribution in [0.4, 0.5) is 13.2 Å². The predicted octanol–water partition coefficient (Wildman–Crippen LogP) is 5.17. The second kappa shape index (κ2) is 9.96. The minimum atomic E-state index is -5.86. The van der Waals surface area contributed by atoms with Crippen molar-refractivity contribution in [2.75, 3.05) is 0 Å². The molecule has 198 valence electrons. The second-order valence-electron chi connectivity index (χ2n) is 9.60. The Hall–Kier alpha value is -2.14. The van der Waals surface area contributed by atoms with Crippen LogP contribution in [0.1, 0.15) is 55.7 Å². The van der Waals surface area contributed by atoms with E-state index in [9.17, 15) is 26.4 Å². The van der Waals surface area contributed by atoms with E-state index in [-0.39, 0.29) is 5.02 Å². The summed E-state index contributed by atoms with van der Waals surface area (Å²) in [5, 5.41) is -0.00432. The predicted molar refractivity (Wildman–Crippen MR) is 132 cm³/mol. The number of aldehydes is 1. The number of aryl methyl sites for hydroxylation is 1. The van der Waals surface area contributed by atoms with Crippen molar-refractivity contribution in [1.29, 1.82) is 0 Å². The lowest BCUT2D eigenvalue weighted by atomic mass is 9.49. The first-order chi connectivity index (χ1) is 16.6. The molecule has 0 aliphatic heterocycles. The zero-order valence-corrected chi connectivity index (χ0v) is 21.8. The molecule has 0 spiro atoms. The van der Waals surface area contributed by atoms with Gasteiger partial charge in [0, 0.05) is 34.4 Å². The number of halogens is 4. The summed E-state index contributed by atoms with van der Waals surface area (Å²) in [7, 11) is -5.86. The van der Waals surface area contributed by atoms with Crippen LogP contribution in [0.3, 0.4) is 0 Å². The van der Waals surface area contributed by atoms with Gasteiger partial charge in [-0.3, -0.25) is 0 Å². The lowest BCUT2D eigenvalue weighted by Crippen LogP contribution is -2.63. The average Bonchev–Trinajstić information content (AvgIpc) is 2.78. The third-order valence-corrected chi connectivity index (χ3v) is 8.72. The molecule has 0 amide bonds. The zero-order valence-electron chi connectivity index (χ0n) is 20.2. The fourth-order valence-corrected chi connectivity index (χ4v) is 6.48. The van der Waals surface area contributed by atoms with Crippen LogP contribution in [0.2, 0.25) is 5.02 Å². The Morgan fingerprint density at radius 2 is 1.83 bits per heavy atom. The van der Waals surface area contributed by atoms with E-state index < -0.39 is 50.2 Å². The van der Waals surface area contributed by atoms with E-state index >= 15 is 0 Å². The number of hydrogen-bond acceptors (Lipinski definition) is 6. The Kier molecular flexibility index (Phi) is 7.87. The quantitative estimate of drug-likeness (QED) is 0.281. The Morgan fingerprint density at radius 3 is 2.31 bits per heavy atom. The number of carbonyl (C=O) groups excluding carboxylic acids is 1. The fraction of sp³-hybridized carbons (Fsp3) is 0.480. The monoisotopic (exact) mass is 546 g/mol. The number of carbonyl (C=O) groups is 1. The summed E-state index contributed by atoms with van der Waals surface area (Å²) in [6, 6.07) is 10.7. The van der Waals surface area contributed by atoms with Gasteiger partial charge in [-0.25, -0.2) is 0 Å². The van der Waals surface area contributed by atoms with E-state index in [1.165, 1.54) is 6.07 Å². The van der Waals surface area contributed by atoms with Gasteiger partial charge in [-0.2, -0.15) is 21.6 Å². The van der Waals surface area contributed by atoms with Crippen molar-refractivity contribution < 1.29 is 30.6 Å². The van der Waals surface area contributed by atoms with Gasteiger partial charge in [0.05, 0.1) is 5.54 Å². The summed E-state index contributed by atoms with van der Waals surface area (Å²) in [4.78, 5) is 12.5. The highest BCUT2D eigenvalue weighted by Crippen LogP contribution is 2.58. The number of hydrogen-bond donors (Lipinski definition) is 2. The first kappa shape index (κ1) is 28.4. The maximum Gasteiger partial charge on any atom is 0.534 e. The van der Waals surface area contributed by atoms with Crippen molar-refractivity contribution in [2.24, 2.45) is 22.8 Å². The Bertz CT molecular complexity index is 1220. The van der Waals surface area contributed by atoms with Crippen LogP contribution in [-0.4, -0.2) is 26.3 Å². The summed E-state index contributed by atoms with van der Waals surface area (Å²) in [6.45, 7) is 5.65. The van der Waals surface area contributed by atoms with E-state index in [1.807, 2.05) is 38.1 Å². The van der Waals surface area contributed by atoms with Crippen LogP contribution in [-0.2, 0) is 20.5 Å². The molecule has 11 heteroatoms. The lowest BCUT2D eigenvalue weighted by molar-refractivity contribution is -0.126. The van der Waals surface area contributed by atoms with Crippen LogP contribution in [0, 0.1) is 18.3 Å². The summed E-state index contributed by atoms with van der Waals surface area (Å²) in [5.74, 6) is -1.54. The summed E-state index contributed by atoms with van der Waals surface area (Å²) >= 11 is 6.50. The van der Waals surface area contributed by atoms with Gasteiger partial charge in [0.15, 0.2) is 0 Å². The number of rotatable bonds is 7. The largest absolute Gasteiger partial charge is 0.534 e. The molecule has 4 N–H and O–H groups in total. The molecule has 0 aromatic heterocycles. The molecule has 2 aromatic carbocycles. The minimum Gasteiger partial charge on any atom is -0.376 e. The summed E-state index contributed by atoms with van der Waals surface area (Å²) in [6.07, 6.45) is 2.39. The smallest absolute Gasteiger partial charge is 0.376 e. The van der Waals surface area contributed by atoms with E-state index in [0.29, 0.717) is 24.8 Å². The number of nitrogens with two attached hydrogens (primary N) is 2. The molecule has 1 saturated carbocycles. The topological polar surface area (TPSA) is 112 Å². The molecule has 0 saturated heterocycles. The molecule has 1 fully saturated rings. The van der Waals surface area contributed by atoms with Gasteiger partial charge in [-0.15, -0.1) is 0 Å². The van der Waals surface area contributed by atoms with Crippen molar-refractivity contribution in [3.8, 4) is 5.75 Å².